The van der Waals surface area contributed by atoms with Crippen LogP contribution in [0.1, 0.15) is 43.5 Å². The Morgan fingerprint density at radius 2 is 1.96 bits per heavy atom. The second kappa shape index (κ2) is 9.00. The van der Waals surface area contributed by atoms with E-state index in [4.69, 9.17) is 10.5 Å². The summed E-state index contributed by atoms with van der Waals surface area (Å²) in [5, 5.41) is 2.70. The van der Waals surface area contributed by atoms with Gasteiger partial charge in [-0.05, 0) is 51.3 Å². The summed E-state index contributed by atoms with van der Waals surface area (Å²) in [5.74, 6) is -0.997. The molecule has 1 saturated heterocycles. The predicted octanol–water partition coefficient (Wildman–Crippen LogP) is 1.95. The van der Waals surface area contributed by atoms with Gasteiger partial charge in [-0.1, -0.05) is 6.07 Å². The van der Waals surface area contributed by atoms with Crippen LogP contribution in [0.5, 0.6) is 0 Å². The van der Waals surface area contributed by atoms with E-state index in [0.29, 0.717) is 24.2 Å². The highest BCUT2D eigenvalue weighted by atomic mass is 35.5. The SMILES string of the molecule is COC(=O)C1CCCCN1C(=O)c1cccc(NC(=O)C(C)(C)N)c1.Cl. The first-order chi connectivity index (χ1) is 11.7. The summed E-state index contributed by atoms with van der Waals surface area (Å²) >= 11 is 0. The maximum Gasteiger partial charge on any atom is 0.328 e. The van der Waals surface area contributed by atoms with E-state index in [1.165, 1.54) is 7.11 Å². The van der Waals surface area contributed by atoms with Crippen LogP contribution in [0, 0.1) is 0 Å². The van der Waals surface area contributed by atoms with E-state index in [1.54, 1.807) is 43.0 Å². The normalized spacial score (nSPS) is 17.1. The van der Waals surface area contributed by atoms with Crippen molar-refractivity contribution in [3.63, 3.8) is 0 Å². The summed E-state index contributed by atoms with van der Waals surface area (Å²) in [6.45, 7) is 3.71. The summed E-state index contributed by atoms with van der Waals surface area (Å²) in [5.41, 5.74) is 5.64. The van der Waals surface area contributed by atoms with Crippen molar-refractivity contribution in [3.05, 3.63) is 29.8 Å². The number of benzene rings is 1. The van der Waals surface area contributed by atoms with Crippen LogP contribution >= 0.6 is 12.4 Å². The molecule has 144 valence electrons. The van der Waals surface area contributed by atoms with Gasteiger partial charge in [0.25, 0.3) is 5.91 Å². The molecule has 1 heterocycles. The van der Waals surface area contributed by atoms with Gasteiger partial charge < -0.3 is 20.7 Å². The van der Waals surface area contributed by atoms with Crippen LogP contribution in [0.15, 0.2) is 24.3 Å². The van der Waals surface area contributed by atoms with Gasteiger partial charge in [-0.15, -0.1) is 12.4 Å². The van der Waals surface area contributed by atoms with Crippen LogP contribution in [0.25, 0.3) is 0 Å². The zero-order valence-electron chi connectivity index (χ0n) is 15.3. The first-order valence-electron chi connectivity index (χ1n) is 8.33. The fourth-order valence-corrected chi connectivity index (χ4v) is 2.74. The first kappa shape index (κ1) is 21.9. The highest BCUT2D eigenvalue weighted by Crippen LogP contribution is 2.22. The Labute approximate surface area is 159 Å². The Morgan fingerprint density at radius 1 is 1.27 bits per heavy atom. The van der Waals surface area contributed by atoms with Crippen LogP contribution in [0.3, 0.4) is 0 Å². The molecule has 0 aliphatic carbocycles. The number of ether oxygens (including phenoxy) is 1. The van der Waals surface area contributed by atoms with Crippen molar-refractivity contribution >= 4 is 35.9 Å². The molecule has 3 N–H and O–H groups in total. The summed E-state index contributed by atoms with van der Waals surface area (Å²) in [6.07, 6.45) is 2.32. The molecule has 0 aromatic heterocycles. The third-order valence-electron chi connectivity index (χ3n) is 4.19. The maximum atomic E-state index is 12.8. The topological polar surface area (TPSA) is 102 Å². The van der Waals surface area contributed by atoms with Crippen LogP contribution in [-0.4, -0.2) is 47.9 Å². The number of hydrogen-bond acceptors (Lipinski definition) is 5. The summed E-state index contributed by atoms with van der Waals surface area (Å²) < 4.78 is 4.82. The van der Waals surface area contributed by atoms with Gasteiger partial charge in [0, 0.05) is 17.8 Å². The number of methoxy groups -OCH3 is 1. The lowest BCUT2D eigenvalue weighted by atomic mass is 10.0. The average Bonchev–Trinajstić information content (AvgIpc) is 2.59. The van der Waals surface area contributed by atoms with E-state index in [9.17, 15) is 14.4 Å². The molecule has 2 rings (SSSR count). The molecule has 2 amide bonds. The van der Waals surface area contributed by atoms with Crippen LogP contribution in [-0.2, 0) is 14.3 Å². The van der Waals surface area contributed by atoms with Gasteiger partial charge in [0.1, 0.15) is 6.04 Å². The molecule has 1 aliphatic rings. The third-order valence-corrected chi connectivity index (χ3v) is 4.19. The van der Waals surface area contributed by atoms with E-state index in [0.717, 1.165) is 12.8 Å². The Hall–Kier alpha value is -2.12. The number of nitrogens with zero attached hydrogens (tertiary/aromatic N) is 1. The second-order valence-electron chi connectivity index (χ2n) is 6.79. The Balaban J connectivity index is 0.00000338. The number of hydrogen-bond donors (Lipinski definition) is 2. The molecule has 1 unspecified atom stereocenters. The van der Waals surface area contributed by atoms with Crippen molar-refractivity contribution < 1.29 is 19.1 Å². The third kappa shape index (κ3) is 5.19. The minimum Gasteiger partial charge on any atom is -0.467 e. The predicted molar refractivity (Wildman–Crippen MR) is 101 cm³/mol. The molecular weight excluding hydrogens is 358 g/mol. The molecule has 1 atom stereocenters. The number of piperidine rings is 1. The lowest BCUT2D eigenvalue weighted by molar-refractivity contribution is -0.147. The molecule has 1 aromatic rings. The summed E-state index contributed by atoms with van der Waals surface area (Å²) in [6, 6.07) is 6.06. The Morgan fingerprint density at radius 3 is 2.58 bits per heavy atom. The van der Waals surface area contributed by atoms with Crippen molar-refractivity contribution in [2.75, 3.05) is 19.0 Å². The lowest BCUT2D eigenvalue weighted by Gasteiger charge is -2.33. The molecule has 26 heavy (non-hydrogen) atoms. The van der Waals surface area contributed by atoms with E-state index in [-0.39, 0.29) is 24.2 Å². The average molecular weight is 384 g/mol. The number of rotatable bonds is 4. The number of likely N-dealkylation sites (tertiary alicyclic amines) is 1. The number of nitrogens with two attached hydrogens (primary N) is 1. The zero-order valence-corrected chi connectivity index (χ0v) is 16.1. The number of amides is 2. The lowest BCUT2D eigenvalue weighted by Crippen LogP contribution is -2.48. The first-order valence-corrected chi connectivity index (χ1v) is 8.33. The van der Waals surface area contributed by atoms with Gasteiger partial charge in [-0.25, -0.2) is 4.79 Å². The van der Waals surface area contributed by atoms with Gasteiger partial charge in [-0.2, -0.15) is 0 Å². The van der Waals surface area contributed by atoms with Crippen molar-refractivity contribution in [1.29, 1.82) is 0 Å². The monoisotopic (exact) mass is 383 g/mol. The molecule has 7 nitrogen and oxygen atoms in total. The Bertz CT molecular complexity index is 673. The quantitative estimate of drug-likeness (QED) is 0.774. The van der Waals surface area contributed by atoms with Crippen molar-refractivity contribution in [1.82, 2.24) is 4.90 Å². The van der Waals surface area contributed by atoms with Gasteiger partial charge in [0.15, 0.2) is 0 Å². The summed E-state index contributed by atoms with van der Waals surface area (Å²) in [7, 11) is 1.32. The highest BCUT2D eigenvalue weighted by molar-refractivity contribution is 6.00. The van der Waals surface area contributed by atoms with Gasteiger partial charge in [-0.3, -0.25) is 9.59 Å². The van der Waals surface area contributed by atoms with Crippen LogP contribution in [0.4, 0.5) is 5.69 Å². The van der Waals surface area contributed by atoms with E-state index >= 15 is 0 Å². The molecule has 8 heteroatoms. The fourth-order valence-electron chi connectivity index (χ4n) is 2.74. The molecule has 0 radical (unpaired) electrons. The fraction of sp³-hybridized carbons (Fsp3) is 0.500. The van der Waals surface area contributed by atoms with E-state index in [1.807, 2.05) is 0 Å². The molecular formula is C18H26ClN3O4. The largest absolute Gasteiger partial charge is 0.467 e. The number of anilines is 1. The molecule has 1 fully saturated rings. The molecule has 0 bridgehead atoms. The molecule has 1 aromatic carbocycles. The van der Waals surface area contributed by atoms with Gasteiger partial charge in [0.05, 0.1) is 12.6 Å². The van der Waals surface area contributed by atoms with Gasteiger partial charge in [0.2, 0.25) is 5.91 Å². The van der Waals surface area contributed by atoms with Crippen molar-refractivity contribution in [3.8, 4) is 0 Å². The maximum absolute atomic E-state index is 12.8. The van der Waals surface area contributed by atoms with E-state index in [2.05, 4.69) is 5.32 Å². The minimum atomic E-state index is -1.02. The summed E-state index contributed by atoms with van der Waals surface area (Å²) in [4.78, 5) is 38.3. The van der Waals surface area contributed by atoms with Crippen molar-refractivity contribution in [2.24, 2.45) is 5.73 Å². The molecule has 0 saturated carbocycles. The van der Waals surface area contributed by atoms with Crippen LogP contribution < -0.4 is 11.1 Å². The van der Waals surface area contributed by atoms with Crippen LogP contribution in [0.2, 0.25) is 0 Å². The number of carbonyl (C=O) groups excluding carboxylic acids is 3. The standard InChI is InChI=1S/C18H25N3O4.ClH/c1-18(2,19)17(24)20-13-8-6-7-12(11-13)15(22)21-10-5-4-9-14(21)16(23)25-3;/h6-8,11,14H,4-5,9-10,19H2,1-3H3,(H,20,24);1H. The number of carbonyl (C=O) groups is 3. The van der Waals surface area contributed by atoms with Crippen molar-refractivity contribution in [2.45, 2.75) is 44.7 Å². The number of esters is 1. The zero-order chi connectivity index (χ0) is 18.6. The highest BCUT2D eigenvalue weighted by Gasteiger charge is 2.33. The second-order valence-corrected chi connectivity index (χ2v) is 6.79. The molecule has 0 spiro atoms. The van der Waals surface area contributed by atoms with E-state index < -0.39 is 17.6 Å². The number of halogens is 1. The number of nitrogens with one attached hydrogen (secondary N) is 1. The smallest absolute Gasteiger partial charge is 0.328 e. The minimum absolute atomic E-state index is 0. The Kier molecular flexibility index (Phi) is 7.59. The van der Waals surface area contributed by atoms with Gasteiger partial charge >= 0.3 is 5.97 Å². The molecule has 1 aliphatic heterocycles.